The highest BCUT2D eigenvalue weighted by molar-refractivity contribution is 6.33. The van der Waals surface area contributed by atoms with Gasteiger partial charge in [0.1, 0.15) is 0 Å². The minimum atomic E-state index is 0.0386. The summed E-state index contributed by atoms with van der Waals surface area (Å²) in [6.07, 6.45) is 0. The van der Waals surface area contributed by atoms with Crippen LogP contribution in [0.5, 0.6) is 0 Å². The van der Waals surface area contributed by atoms with Gasteiger partial charge in [-0.3, -0.25) is 0 Å². The molecule has 2 aromatic rings. The Kier molecular flexibility index (Phi) is 2.13. The second kappa shape index (κ2) is 3.31. The third-order valence-electron chi connectivity index (χ3n) is 1.80. The van der Waals surface area contributed by atoms with E-state index in [1.165, 1.54) is 0 Å². The number of aryl methyl sites for hydroxylation is 1. The van der Waals surface area contributed by atoms with Crippen LogP contribution in [0, 0.1) is 6.92 Å². The maximum absolute atomic E-state index is 6.00. The van der Waals surface area contributed by atoms with Gasteiger partial charge in [0, 0.05) is 0 Å². The van der Waals surface area contributed by atoms with E-state index in [-0.39, 0.29) is 6.01 Å². The SMILES string of the molecule is Cc1ccc(-c2nnc(N)o2)c(Cl)c1. The fourth-order valence-electron chi connectivity index (χ4n) is 1.14. The second-order valence-corrected chi connectivity index (χ2v) is 3.34. The van der Waals surface area contributed by atoms with Gasteiger partial charge >= 0.3 is 6.01 Å². The normalized spacial score (nSPS) is 10.4. The monoisotopic (exact) mass is 209 g/mol. The Balaban J connectivity index is 2.52. The van der Waals surface area contributed by atoms with Gasteiger partial charge in [-0.1, -0.05) is 22.8 Å². The lowest BCUT2D eigenvalue weighted by atomic mass is 10.1. The number of hydrogen-bond donors (Lipinski definition) is 1. The number of aromatic nitrogens is 2. The van der Waals surface area contributed by atoms with Crippen molar-refractivity contribution in [1.82, 2.24) is 10.2 Å². The molecule has 0 aliphatic rings. The molecule has 1 heterocycles. The van der Waals surface area contributed by atoms with Crippen molar-refractivity contribution in [2.75, 3.05) is 5.73 Å². The van der Waals surface area contributed by atoms with Crippen LogP contribution in [0.4, 0.5) is 6.01 Å². The highest BCUT2D eigenvalue weighted by Crippen LogP contribution is 2.27. The van der Waals surface area contributed by atoms with Crippen LogP contribution in [0.2, 0.25) is 5.02 Å². The number of nitrogens with two attached hydrogens (primary N) is 1. The number of nitrogens with zero attached hydrogens (tertiary/aromatic N) is 2. The highest BCUT2D eigenvalue weighted by atomic mass is 35.5. The van der Waals surface area contributed by atoms with Crippen molar-refractivity contribution >= 4 is 17.6 Å². The lowest BCUT2D eigenvalue weighted by molar-refractivity contribution is 0.590. The van der Waals surface area contributed by atoms with E-state index in [0.717, 1.165) is 5.56 Å². The Bertz CT molecular complexity index is 467. The van der Waals surface area contributed by atoms with Gasteiger partial charge in [0.05, 0.1) is 10.6 Å². The summed E-state index contributed by atoms with van der Waals surface area (Å²) in [5.74, 6) is 0.340. The van der Waals surface area contributed by atoms with Gasteiger partial charge in [0.25, 0.3) is 5.89 Å². The molecule has 0 amide bonds. The summed E-state index contributed by atoms with van der Waals surface area (Å²) in [4.78, 5) is 0. The van der Waals surface area contributed by atoms with Crippen molar-refractivity contribution in [3.8, 4) is 11.5 Å². The lowest BCUT2D eigenvalue weighted by Gasteiger charge is -1.99. The van der Waals surface area contributed by atoms with Crippen LogP contribution in [0.1, 0.15) is 5.56 Å². The number of anilines is 1. The van der Waals surface area contributed by atoms with E-state index in [1.54, 1.807) is 0 Å². The molecule has 0 saturated heterocycles. The zero-order valence-electron chi connectivity index (χ0n) is 7.49. The second-order valence-electron chi connectivity index (χ2n) is 2.93. The summed E-state index contributed by atoms with van der Waals surface area (Å²) < 4.78 is 5.06. The van der Waals surface area contributed by atoms with E-state index in [9.17, 15) is 0 Å². The Morgan fingerprint density at radius 1 is 1.36 bits per heavy atom. The van der Waals surface area contributed by atoms with Crippen molar-refractivity contribution in [3.63, 3.8) is 0 Å². The largest absolute Gasteiger partial charge is 0.404 e. The first-order valence-electron chi connectivity index (χ1n) is 4.02. The van der Waals surface area contributed by atoms with Crippen molar-refractivity contribution in [2.45, 2.75) is 6.92 Å². The maximum atomic E-state index is 6.00. The van der Waals surface area contributed by atoms with Gasteiger partial charge in [-0.2, -0.15) is 0 Å². The van der Waals surface area contributed by atoms with Crippen LogP contribution in [0.15, 0.2) is 22.6 Å². The van der Waals surface area contributed by atoms with Gasteiger partial charge in [0.15, 0.2) is 0 Å². The molecule has 0 aliphatic carbocycles. The zero-order chi connectivity index (χ0) is 10.1. The van der Waals surface area contributed by atoms with Crippen LogP contribution < -0.4 is 5.73 Å². The first-order valence-corrected chi connectivity index (χ1v) is 4.40. The van der Waals surface area contributed by atoms with Gasteiger partial charge < -0.3 is 10.2 Å². The smallest absolute Gasteiger partial charge is 0.313 e. The number of nitrogen functional groups attached to an aromatic ring is 1. The lowest BCUT2D eigenvalue weighted by Crippen LogP contribution is -1.81. The summed E-state index contributed by atoms with van der Waals surface area (Å²) in [6, 6.07) is 5.61. The molecule has 0 radical (unpaired) electrons. The van der Waals surface area contributed by atoms with E-state index in [0.29, 0.717) is 16.5 Å². The molecule has 1 aromatic heterocycles. The Hall–Kier alpha value is -1.55. The molecule has 0 spiro atoms. The summed E-state index contributed by atoms with van der Waals surface area (Å²) >= 11 is 6.00. The average molecular weight is 210 g/mol. The molecular weight excluding hydrogens is 202 g/mol. The average Bonchev–Trinajstić information content (AvgIpc) is 2.51. The Morgan fingerprint density at radius 3 is 2.71 bits per heavy atom. The molecule has 0 bridgehead atoms. The van der Waals surface area contributed by atoms with Crippen molar-refractivity contribution in [1.29, 1.82) is 0 Å². The fourth-order valence-corrected chi connectivity index (χ4v) is 1.45. The zero-order valence-corrected chi connectivity index (χ0v) is 8.25. The molecule has 1 aromatic carbocycles. The third-order valence-corrected chi connectivity index (χ3v) is 2.11. The summed E-state index contributed by atoms with van der Waals surface area (Å²) in [5.41, 5.74) is 7.08. The topological polar surface area (TPSA) is 64.9 Å². The predicted molar refractivity (Wildman–Crippen MR) is 53.9 cm³/mol. The molecule has 0 unspecified atom stereocenters. The van der Waals surface area contributed by atoms with E-state index in [4.69, 9.17) is 21.8 Å². The van der Waals surface area contributed by atoms with Gasteiger partial charge in [0.2, 0.25) is 0 Å². The minimum Gasteiger partial charge on any atom is -0.404 e. The number of rotatable bonds is 1. The van der Waals surface area contributed by atoms with Crippen LogP contribution in [0.3, 0.4) is 0 Å². The van der Waals surface area contributed by atoms with Crippen molar-refractivity contribution < 1.29 is 4.42 Å². The van der Waals surface area contributed by atoms with Gasteiger partial charge in [-0.05, 0) is 24.6 Å². The molecule has 0 saturated carbocycles. The highest BCUT2D eigenvalue weighted by Gasteiger charge is 2.09. The minimum absolute atomic E-state index is 0.0386. The molecule has 0 atom stereocenters. The standard InChI is InChI=1S/C9H8ClN3O/c1-5-2-3-6(7(10)4-5)8-12-13-9(11)14-8/h2-4H,1H3,(H2,11,13). The molecule has 72 valence electrons. The molecule has 2 rings (SSSR count). The quantitative estimate of drug-likeness (QED) is 0.783. The summed E-state index contributed by atoms with van der Waals surface area (Å²) in [6.45, 7) is 1.96. The fraction of sp³-hybridized carbons (Fsp3) is 0.111. The number of benzene rings is 1. The van der Waals surface area contributed by atoms with E-state index in [2.05, 4.69) is 10.2 Å². The number of hydrogen-bond acceptors (Lipinski definition) is 4. The van der Waals surface area contributed by atoms with E-state index in [1.807, 2.05) is 25.1 Å². The first kappa shape index (κ1) is 9.02. The van der Waals surface area contributed by atoms with Crippen LogP contribution >= 0.6 is 11.6 Å². The van der Waals surface area contributed by atoms with Crippen molar-refractivity contribution in [2.24, 2.45) is 0 Å². The van der Waals surface area contributed by atoms with Crippen LogP contribution in [-0.4, -0.2) is 10.2 Å². The van der Waals surface area contributed by atoms with Crippen LogP contribution in [-0.2, 0) is 0 Å². The summed E-state index contributed by atoms with van der Waals surface area (Å²) in [5, 5.41) is 7.89. The Labute approximate surface area is 85.7 Å². The molecule has 2 N–H and O–H groups in total. The molecule has 5 heteroatoms. The molecule has 0 aliphatic heterocycles. The molecule has 4 nitrogen and oxygen atoms in total. The molecular formula is C9H8ClN3O. The molecule has 0 fully saturated rings. The van der Waals surface area contributed by atoms with Gasteiger partial charge in [-0.25, -0.2) is 0 Å². The van der Waals surface area contributed by atoms with E-state index >= 15 is 0 Å². The van der Waals surface area contributed by atoms with Crippen molar-refractivity contribution in [3.05, 3.63) is 28.8 Å². The van der Waals surface area contributed by atoms with Crippen LogP contribution in [0.25, 0.3) is 11.5 Å². The van der Waals surface area contributed by atoms with Gasteiger partial charge in [-0.15, -0.1) is 5.10 Å². The Morgan fingerprint density at radius 2 is 2.14 bits per heavy atom. The predicted octanol–water partition coefficient (Wildman–Crippen LogP) is 2.28. The van der Waals surface area contributed by atoms with E-state index < -0.39 is 0 Å². The maximum Gasteiger partial charge on any atom is 0.313 e. The first-order chi connectivity index (χ1) is 6.66. The molecule has 14 heavy (non-hydrogen) atoms. The number of halogens is 1. The summed E-state index contributed by atoms with van der Waals surface area (Å²) in [7, 11) is 0. The third kappa shape index (κ3) is 1.56.